The average Bonchev–Trinajstić information content (AvgIpc) is 3.13. The second-order valence-corrected chi connectivity index (χ2v) is 6.91. The summed E-state index contributed by atoms with van der Waals surface area (Å²) < 4.78 is 4.67. The molecular weight excluding hydrogens is 354 g/mol. The number of nitriles is 1. The van der Waals surface area contributed by atoms with Crippen molar-refractivity contribution in [1.29, 1.82) is 5.26 Å². The van der Waals surface area contributed by atoms with E-state index in [4.69, 9.17) is 0 Å². The molecule has 3 rings (SSSR count). The number of unbranched alkanes of at least 4 members (excludes halogenated alkanes) is 2. The van der Waals surface area contributed by atoms with E-state index in [0.29, 0.717) is 35.4 Å². The molecule has 0 aliphatic carbocycles. The number of imidazole rings is 1. The molecule has 146 valence electrons. The van der Waals surface area contributed by atoms with Crippen molar-refractivity contribution in [2.45, 2.75) is 59.2 Å². The number of benzene rings is 1. The molecule has 0 amide bonds. The SMILES string of the molecule is CCCCn1cnc2c1c(=O)n(Cc1ccccc1C#N)c(=O)n2CCCC. The van der Waals surface area contributed by atoms with Crippen molar-refractivity contribution in [3.8, 4) is 6.07 Å². The first-order valence-electron chi connectivity index (χ1n) is 9.78. The second-order valence-electron chi connectivity index (χ2n) is 6.91. The van der Waals surface area contributed by atoms with Gasteiger partial charge in [0.15, 0.2) is 11.2 Å². The normalized spacial score (nSPS) is 11.0. The molecule has 0 fully saturated rings. The molecule has 2 heterocycles. The monoisotopic (exact) mass is 379 g/mol. The minimum Gasteiger partial charge on any atom is -0.325 e. The van der Waals surface area contributed by atoms with Crippen molar-refractivity contribution in [3.05, 3.63) is 62.6 Å². The highest BCUT2D eigenvalue weighted by atomic mass is 16.2. The van der Waals surface area contributed by atoms with Crippen LogP contribution in [0.2, 0.25) is 0 Å². The summed E-state index contributed by atoms with van der Waals surface area (Å²) in [4.78, 5) is 30.7. The summed E-state index contributed by atoms with van der Waals surface area (Å²) in [6.07, 6.45) is 5.33. The fourth-order valence-corrected chi connectivity index (χ4v) is 3.33. The zero-order valence-electron chi connectivity index (χ0n) is 16.4. The molecule has 7 heteroatoms. The average molecular weight is 379 g/mol. The molecule has 1 aromatic carbocycles. The lowest BCUT2D eigenvalue weighted by atomic mass is 10.1. The Balaban J connectivity index is 2.22. The first kappa shape index (κ1) is 19.6. The lowest BCUT2D eigenvalue weighted by molar-refractivity contribution is 0.566. The molecule has 0 aliphatic rings. The van der Waals surface area contributed by atoms with E-state index in [1.54, 1.807) is 35.2 Å². The highest BCUT2D eigenvalue weighted by molar-refractivity contribution is 5.70. The molecule has 2 aromatic heterocycles. The van der Waals surface area contributed by atoms with Crippen LogP contribution in [0.4, 0.5) is 0 Å². The fourth-order valence-electron chi connectivity index (χ4n) is 3.33. The van der Waals surface area contributed by atoms with Crippen LogP contribution in [0.3, 0.4) is 0 Å². The van der Waals surface area contributed by atoms with Crippen molar-refractivity contribution < 1.29 is 0 Å². The van der Waals surface area contributed by atoms with Gasteiger partial charge in [0.05, 0.1) is 24.5 Å². The number of hydrogen-bond donors (Lipinski definition) is 0. The minimum absolute atomic E-state index is 0.0718. The molecular formula is C21H25N5O2. The Kier molecular flexibility index (Phi) is 6.09. The predicted octanol–water partition coefficient (Wildman–Crippen LogP) is 2.88. The van der Waals surface area contributed by atoms with E-state index < -0.39 is 0 Å². The van der Waals surface area contributed by atoms with Crippen molar-refractivity contribution in [2.75, 3.05) is 0 Å². The van der Waals surface area contributed by atoms with Crippen LogP contribution in [0.1, 0.15) is 50.7 Å². The maximum atomic E-state index is 13.2. The van der Waals surface area contributed by atoms with E-state index >= 15 is 0 Å². The van der Waals surface area contributed by atoms with Crippen LogP contribution in [-0.2, 0) is 19.6 Å². The number of fused-ring (bicyclic) bond motifs is 1. The predicted molar refractivity (Wildman–Crippen MR) is 108 cm³/mol. The molecule has 0 N–H and O–H groups in total. The molecule has 0 spiro atoms. The van der Waals surface area contributed by atoms with E-state index in [2.05, 4.69) is 24.9 Å². The summed E-state index contributed by atoms with van der Waals surface area (Å²) in [5, 5.41) is 9.35. The van der Waals surface area contributed by atoms with Gasteiger partial charge in [-0.1, -0.05) is 44.9 Å². The summed E-state index contributed by atoms with van der Waals surface area (Å²) in [7, 11) is 0. The molecule has 7 nitrogen and oxygen atoms in total. The number of aromatic nitrogens is 4. The molecule has 0 aliphatic heterocycles. The number of hydrogen-bond acceptors (Lipinski definition) is 4. The summed E-state index contributed by atoms with van der Waals surface area (Å²) in [6, 6.07) is 9.18. The Bertz CT molecular complexity index is 1130. The molecule has 0 saturated heterocycles. The van der Waals surface area contributed by atoms with Gasteiger partial charge in [-0.05, 0) is 24.5 Å². The summed E-state index contributed by atoms with van der Waals surface area (Å²) >= 11 is 0. The Morgan fingerprint density at radius 1 is 1.04 bits per heavy atom. The summed E-state index contributed by atoms with van der Waals surface area (Å²) in [6.45, 7) is 5.41. The zero-order chi connectivity index (χ0) is 20.1. The van der Waals surface area contributed by atoms with E-state index in [0.717, 1.165) is 25.7 Å². The first-order chi connectivity index (χ1) is 13.6. The summed E-state index contributed by atoms with van der Waals surface area (Å²) in [5.41, 5.74) is 1.30. The molecule has 0 atom stereocenters. The van der Waals surface area contributed by atoms with Gasteiger partial charge in [-0.3, -0.25) is 13.9 Å². The molecule has 0 saturated carbocycles. The first-order valence-corrected chi connectivity index (χ1v) is 9.78. The minimum atomic E-state index is -0.376. The fraction of sp³-hybridized carbons (Fsp3) is 0.429. The Hall–Kier alpha value is -3.14. The standard InChI is InChI=1S/C21H25N5O2/c1-3-5-11-24-15-23-19-18(24)20(27)26(21(28)25(19)12-6-4-2)14-17-10-8-7-9-16(17)13-22/h7-10,15H,3-6,11-12,14H2,1-2H3. The summed E-state index contributed by atoms with van der Waals surface area (Å²) in [5.74, 6) is 0. The maximum Gasteiger partial charge on any atom is 0.333 e. The van der Waals surface area contributed by atoms with Crippen molar-refractivity contribution in [2.24, 2.45) is 0 Å². The largest absolute Gasteiger partial charge is 0.333 e. The quantitative estimate of drug-likeness (QED) is 0.602. The van der Waals surface area contributed by atoms with Crippen LogP contribution in [-0.4, -0.2) is 18.7 Å². The number of rotatable bonds is 8. The smallest absolute Gasteiger partial charge is 0.325 e. The molecule has 0 radical (unpaired) electrons. The third-order valence-electron chi connectivity index (χ3n) is 4.94. The van der Waals surface area contributed by atoms with Gasteiger partial charge >= 0.3 is 5.69 Å². The lowest BCUT2D eigenvalue weighted by Crippen LogP contribution is -2.41. The van der Waals surface area contributed by atoms with Crippen LogP contribution < -0.4 is 11.2 Å². The van der Waals surface area contributed by atoms with Crippen molar-refractivity contribution in [1.82, 2.24) is 18.7 Å². The Labute approximate surface area is 163 Å². The third kappa shape index (κ3) is 3.63. The highest BCUT2D eigenvalue weighted by Gasteiger charge is 2.18. The van der Waals surface area contributed by atoms with Crippen LogP contribution in [0.15, 0.2) is 40.2 Å². The van der Waals surface area contributed by atoms with E-state index in [-0.39, 0.29) is 17.8 Å². The van der Waals surface area contributed by atoms with Gasteiger partial charge in [0, 0.05) is 13.1 Å². The van der Waals surface area contributed by atoms with Gasteiger partial charge in [0.25, 0.3) is 5.56 Å². The van der Waals surface area contributed by atoms with E-state index in [1.807, 2.05) is 4.57 Å². The van der Waals surface area contributed by atoms with Crippen LogP contribution in [0.5, 0.6) is 0 Å². The molecule has 28 heavy (non-hydrogen) atoms. The van der Waals surface area contributed by atoms with Crippen LogP contribution in [0, 0.1) is 11.3 Å². The van der Waals surface area contributed by atoms with Crippen molar-refractivity contribution in [3.63, 3.8) is 0 Å². The lowest BCUT2D eigenvalue weighted by Gasteiger charge is -2.13. The third-order valence-corrected chi connectivity index (χ3v) is 4.94. The van der Waals surface area contributed by atoms with Gasteiger partial charge in [-0.2, -0.15) is 5.26 Å². The Morgan fingerprint density at radius 3 is 2.46 bits per heavy atom. The van der Waals surface area contributed by atoms with Crippen molar-refractivity contribution >= 4 is 11.2 Å². The Morgan fingerprint density at radius 2 is 1.75 bits per heavy atom. The molecule has 3 aromatic rings. The molecule has 0 unspecified atom stereocenters. The van der Waals surface area contributed by atoms with Crippen LogP contribution in [0.25, 0.3) is 11.2 Å². The van der Waals surface area contributed by atoms with E-state index in [9.17, 15) is 14.9 Å². The van der Waals surface area contributed by atoms with E-state index in [1.165, 1.54) is 4.57 Å². The topological polar surface area (TPSA) is 85.6 Å². The van der Waals surface area contributed by atoms with Gasteiger partial charge < -0.3 is 4.57 Å². The molecule has 0 bridgehead atoms. The van der Waals surface area contributed by atoms with Gasteiger partial charge in [0.1, 0.15) is 0 Å². The van der Waals surface area contributed by atoms with Gasteiger partial charge in [0.2, 0.25) is 0 Å². The van der Waals surface area contributed by atoms with Gasteiger partial charge in [-0.25, -0.2) is 9.78 Å². The second kappa shape index (κ2) is 8.70. The number of aryl methyl sites for hydroxylation is 2. The zero-order valence-corrected chi connectivity index (χ0v) is 16.4. The van der Waals surface area contributed by atoms with Crippen LogP contribution >= 0.6 is 0 Å². The highest BCUT2D eigenvalue weighted by Crippen LogP contribution is 2.12. The van der Waals surface area contributed by atoms with Gasteiger partial charge in [-0.15, -0.1) is 0 Å². The number of nitrogens with zero attached hydrogens (tertiary/aromatic N) is 5. The maximum absolute atomic E-state index is 13.2.